The molecule has 6 heteroatoms. The fourth-order valence-electron chi connectivity index (χ4n) is 4.19. The normalized spacial score (nSPS) is 11.9. The molecule has 0 radical (unpaired) electrons. The molecule has 0 aliphatic rings. The number of pyridine rings is 1. The Morgan fingerprint density at radius 3 is 2.18 bits per heavy atom. The number of benzene rings is 1. The van der Waals surface area contributed by atoms with Gasteiger partial charge in [0, 0.05) is 28.3 Å². The number of aromatic nitrogens is 1. The summed E-state index contributed by atoms with van der Waals surface area (Å²) in [5.41, 5.74) is 2.69. The van der Waals surface area contributed by atoms with Crippen molar-refractivity contribution >= 4 is 34.7 Å². The molecule has 2 heterocycles. The van der Waals surface area contributed by atoms with Crippen molar-refractivity contribution in [1.29, 1.82) is 0 Å². The van der Waals surface area contributed by atoms with Gasteiger partial charge >= 0.3 is 5.97 Å². The Kier molecular flexibility index (Phi) is 7.37. The maximum Gasteiger partial charge on any atom is 0.311 e. The fourth-order valence-corrected chi connectivity index (χ4v) is 4.32. The highest BCUT2D eigenvalue weighted by Gasteiger charge is 2.36. The predicted octanol–water partition coefficient (Wildman–Crippen LogP) is 6.53. The number of ketones is 2. The van der Waals surface area contributed by atoms with Crippen molar-refractivity contribution in [2.45, 2.75) is 53.9 Å². The van der Waals surface area contributed by atoms with Crippen LogP contribution in [0.2, 0.25) is 5.02 Å². The first-order valence-electron chi connectivity index (χ1n) is 11.5. The number of hydrogen-bond acceptors (Lipinski definition) is 4. The largest absolute Gasteiger partial charge is 0.469 e. The van der Waals surface area contributed by atoms with E-state index in [0.29, 0.717) is 32.9 Å². The van der Waals surface area contributed by atoms with Crippen LogP contribution in [0.3, 0.4) is 0 Å². The molecule has 5 nitrogen and oxygen atoms in total. The summed E-state index contributed by atoms with van der Waals surface area (Å²) in [6.07, 6.45) is 2.03. The van der Waals surface area contributed by atoms with E-state index >= 15 is 0 Å². The Bertz CT molecular complexity index is 1250. The van der Waals surface area contributed by atoms with Crippen molar-refractivity contribution in [3.8, 4) is 0 Å². The molecular weight excluding hydrogens is 450 g/mol. The second-order valence-electron chi connectivity index (χ2n) is 9.98. The summed E-state index contributed by atoms with van der Waals surface area (Å²) >= 11 is 6.04. The van der Waals surface area contributed by atoms with Crippen LogP contribution < -0.4 is 0 Å². The van der Waals surface area contributed by atoms with Crippen LogP contribution in [-0.2, 0) is 16.0 Å². The molecule has 0 aliphatic heterocycles. The molecule has 34 heavy (non-hydrogen) atoms. The van der Waals surface area contributed by atoms with E-state index in [1.807, 2.05) is 32.2 Å². The van der Waals surface area contributed by atoms with Crippen LogP contribution in [0.15, 0.2) is 42.6 Å². The standard InChI is InChI=1S/C28H32ClNO4/c1-16(2)19-12-13-30-22(14-19)23(25(31)17(3)4)21(15-28(5,6)27(33)34-7)24(30)26(32)18-8-10-20(29)11-9-18/h8-14,16-17H,15H2,1-7H3. The summed E-state index contributed by atoms with van der Waals surface area (Å²) in [5.74, 6) is -0.746. The first-order valence-corrected chi connectivity index (χ1v) is 11.9. The summed E-state index contributed by atoms with van der Waals surface area (Å²) in [5, 5.41) is 0.529. The molecular formula is C28H32ClNO4. The highest BCUT2D eigenvalue weighted by atomic mass is 35.5. The third-order valence-corrected chi connectivity index (χ3v) is 6.43. The Hall–Kier alpha value is -2.92. The smallest absolute Gasteiger partial charge is 0.311 e. The molecule has 0 fully saturated rings. The molecule has 0 N–H and O–H groups in total. The maximum absolute atomic E-state index is 13.9. The Labute approximate surface area is 206 Å². The van der Waals surface area contributed by atoms with Gasteiger partial charge in [-0.3, -0.25) is 14.4 Å². The number of hydrogen-bond donors (Lipinski definition) is 0. The summed E-state index contributed by atoms with van der Waals surface area (Å²) < 4.78 is 6.82. The van der Waals surface area contributed by atoms with Crippen LogP contribution in [0.4, 0.5) is 0 Å². The number of halogens is 1. The molecule has 3 rings (SSSR count). The minimum atomic E-state index is -0.943. The Morgan fingerprint density at radius 2 is 1.65 bits per heavy atom. The maximum atomic E-state index is 13.9. The first-order chi connectivity index (χ1) is 15.9. The third-order valence-electron chi connectivity index (χ3n) is 6.18. The van der Waals surface area contributed by atoms with Gasteiger partial charge in [0.05, 0.1) is 23.7 Å². The lowest BCUT2D eigenvalue weighted by atomic mass is 9.82. The molecule has 2 aromatic heterocycles. The zero-order chi connectivity index (χ0) is 25.4. The summed E-state index contributed by atoms with van der Waals surface area (Å²) in [7, 11) is 1.34. The molecule has 1 aromatic carbocycles. The van der Waals surface area contributed by atoms with E-state index < -0.39 is 11.4 Å². The van der Waals surface area contributed by atoms with E-state index in [1.165, 1.54) is 7.11 Å². The number of carbonyl (C=O) groups excluding carboxylic acids is 3. The summed E-state index contributed by atoms with van der Waals surface area (Å²) in [4.78, 5) is 40.0. The number of nitrogens with zero attached hydrogens (tertiary/aromatic N) is 1. The number of Topliss-reactive ketones (excluding diaryl/α,β-unsaturated/α-hetero) is 1. The lowest BCUT2D eigenvalue weighted by Crippen LogP contribution is -2.29. The summed E-state index contributed by atoms with van der Waals surface area (Å²) in [6.45, 7) is 11.4. The molecule has 180 valence electrons. The van der Waals surface area contributed by atoms with Crippen molar-refractivity contribution in [2.24, 2.45) is 11.3 Å². The van der Waals surface area contributed by atoms with Crippen molar-refractivity contribution < 1.29 is 19.1 Å². The topological polar surface area (TPSA) is 64.8 Å². The quantitative estimate of drug-likeness (QED) is 0.271. The number of ether oxygens (including phenoxy) is 1. The molecule has 0 aliphatic carbocycles. The first kappa shape index (κ1) is 25.7. The Morgan fingerprint density at radius 1 is 1.03 bits per heavy atom. The fraction of sp³-hybridized carbons (Fsp3) is 0.393. The lowest BCUT2D eigenvalue weighted by molar-refractivity contribution is -0.150. The van der Waals surface area contributed by atoms with Gasteiger partial charge in [0.1, 0.15) is 0 Å². The number of methoxy groups -OCH3 is 1. The number of carbonyl (C=O) groups is 3. The second-order valence-corrected chi connectivity index (χ2v) is 10.4. The Balaban J connectivity index is 2.41. The van der Waals surface area contributed by atoms with Crippen LogP contribution in [0, 0.1) is 11.3 Å². The van der Waals surface area contributed by atoms with E-state index in [1.54, 1.807) is 42.5 Å². The van der Waals surface area contributed by atoms with Gasteiger partial charge in [-0.1, -0.05) is 39.3 Å². The molecule has 3 aromatic rings. The van der Waals surface area contributed by atoms with Crippen LogP contribution in [-0.4, -0.2) is 29.0 Å². The predicted molar refractivity (Wildman–Crippen MR) is 135 cm³/mol. The zero-order valence-electron chi connectivity index (χ0n) is 20.9. The van der Waals surface area contributed by atoms with Crippen LogP contribution in [0.1, 0.15) is 85.0 Å². The average Bonchev–Trinajstić information content (AvgIpc) is 3.09. The average molecular weight is 482 g/mol. The lowest BCUT2D eigenvalue weighted by Gasteiger charge is -2.22. The highest BCUT2D eigenvalue weighted by Crippen LogP contribution is 2.35. The molecule has 0 atom stereocenters. The third kappa shape index (κ3) is 4.80. The number of esters is 1. The van der Waals surface area contributed by atoms with E-state index in [-0.39, 0.29) is 29.8 Å². The second kappa shape index (κ2) is 9.75. The SMILES string of the molecule is COC(=O)C(C)(C)Cc1c(C(=O)C(C)C)c2cc(C(C)C)ccn2c1C(=O)c1ccc(Cl)cc1. The number of fused-ring (bicyclic) bond motifs is 1. The van der Waals surface area contributed by atoms with E-state index in [4.69, 9.17) is 16.3 Å². The molecule has 0 spiro atoms. The van der Waals surface area contributed by atoms with Crippen LogP contribution in [0.5, 0.6) is 0 Å². The van der Waals surface area contributed by atoms with Crippen LogP contribution >= 0.6 is 11.6 Å². The van der Waals surface area contributed by atoms with Crippen molar-refractivity contribution in [2.75, 3.05) is 7.11 Å². The van der Waals surface area contributed by atoms with Gasteiger partial charge in [-0.05, 0) is 73.7 Å². The molecule has 0 saturated heterocycles. The van der Waals surface area contributed by atoms with E-state index in [9.17, 15) is 14.4 Å². The van der Waals surface area contributed by atoms with Gasteiger partial charge in [-0.2, -0.15) is 0 Å². The zero-order valence-corrected chi connectivity index (χ0v) is 21.6. The van der Waals surface area contributed by atoms with Gasteiger partial charge < -0.3 is 9.14 Å². The monoisotopic (exact) mass is 481 g/mol. The van der Waals surface area contributed by atoms with Gasteiger partial charge in [0.15, 0.2) is 5.78 Å². The minimum absolute atomic E-state index is 0.0655. The molecule has 0 unspecified atom stereocenters. The van der Waals surface area contributed by atoms with Crippen LogP contribution in [0.25, 0.3) is 5.52 Å². The number of rotatable bonds is 8. The molecule has 0 bridgehead atoms. The summed E-state index contributed by atoms with van der Waals surface area (Å²) in [6, 6.07) is 10.6. The van der Waals surface area contributed by atoms with Crippen molar-refractivity contribution in [1.82, 2.24) is 4.40 Å². The minimum Gasteiger partial charge on any atom is -0.469 e. The van der Waals surface area contributed by atoms with E-state index in [0.717, 1.165) is 5.56 Å². The highest BCUT2D eigenvalue weighted by molar-refractivity contribution is 6.30. The van der Waals surface area contributed by atoms with Gasteiger partial charge in [-0.15, -0.1) is 0 Å². The van der Waals surface area contributed by atoms with Gasteiger partial charge in [-0.25, -0.2) is 0 Å². The van der Waals surface area contributed by atoms with Gasteiger partial charge in [0.25, 0.3) is 0 Å². The molecule has 0 amide bonds. The van der Waals surface area contributed by atoms with Gasteiger partial charge in [0.2, 0.25) is 5.78 Å². The molecule has 0 saturated carbocycles. The van der Waals surface area contributed by atoms with Crippen molar-refractivity contribution in [3.05, 3.63) is 75.6 Å². The van der Waals surface area contributed by atoms with E-state index in [2.05, 4.69) is 13.8 Å². The van der Waals surface area contributed by atoms with Crippen molar-refractivity contribution in [3.63, 3.8) is 0 Å².